The first kappa shape index (κ1) is 16.0. The maximum atomic E-state index is 12.5. The van der Waals surface area contributed by atoms with Crippen LogP contribution in [0.2, 0.25) is 0 Å². The highest BCUT2D eigenvalue weighted by Gasteiger charge is 2.25. The quantitative estimate of drug-likeness (QED) is 0.516. The molecule has 2 heterocycles. The minimum atomic E-state index is -1.34. The van der Waals surface area contributed by atoms with Gasteiger partial charge in [0.05, 0.1) is 5.56 Å². The zero-order chi connectivity index (χ0) is 16.8. The Kier molecular flexibility index (Phi) is 4.88. The molecule has 8 heteroatoms. The van der Waals surface area contributed by atoms with Gasteiger partial charge in [0.2, 0.25) is 0 Å². The molecule has 0 saturated heterocycles. The van der Waals surface area contributed by atoms with Crippen LogP contribution in [0.4, 0.5) is 0 Å². The number of aromatic nitrogens is 2. The van der Waals surface area contributed by atoms with Gasteiger partial charge in [-0.1, -0.05) is 0 Å². The Labute approximate surface area is 131 Å². The van der Waals surface area contributed by atoms with E-state index in [4.69, 9.17) is 5.11 Å². The summed E-state index contributed by atoms with van der Waals surface area (Å²) >= 11 is 0. The summed E-state index contributed by atoms with van der Waals surface area (Å²) in [5.74, 6) is -2.88. The molecular weight excluding hydrogens is 300 g/mol. The maximum absolute atomic E-state index is 12.5. The molecule has 0 aliphatic heterocycles. The Morgan fingerprint density at radius 1 is 1.00 bits per heavy atom. The van der Waals surface area contributed by atoms with Crippen LogP contribution in [-0.2, 0) is 4.79 Å². The zero-order valence-corrected chi connectivity index (χ0v) is 12.1. The number of carboxylic acid groups (broad SMARTS) is 1. The number of carbonyl (C=O) groups excluding carboxylic acids is 2. The molecule has 2 aromatic rings. The van der Waals surface area contributed by atoms with Crippen LogP contribution in [0.25, 0.3) is 0 Å². The maximum Gasteiger partial charge on any atom is 0.351 e. The van der Waals surface area contributed by atoms with Gasteiger partial charge in [0.1, 0.15) is 5.71 Å². The largest absolute Gasteiger partial charge is 0.477 e. The van der Waals surface area contributed by atoms with Crippen molar-refractivity contribution in [1.29, 1.82) is 0 Å². The number of pyridine rings is 2. The molecule has 8 nitrogen and oxygen atoms in total. The lowest BCUT2D eigenvalue weighted by molar-refractivity contribution is -0.129. The standard InChI is InChI=1S/C15H12N4O4/c1-10(15(22)23)18-19(13(20)11-4-7-16-8-5-11)14(21)12-3-2-6-17-9-12/h2-9H,1H3,(H,22,23). The van der Waals surface area contributed by atoms with E-state index in [2.05, 4.69) is 15.1 Å². The fourth-order valence-corrected chi connectivity index (χ4v) is 1.60. The van der Waals surface area contributed by atoms with Crippen molar-refractivity contribution in [2.24, 2.45) is 5.10 Å². The van der Waals surface area contributed by atoms with Crippen molar-refractivity contribution in [3.8, 4) is 0 Å². The van der Waals surface area contributed by atoms with Crippen molar-refractivity contribution >= 4 is 23.5 Å². The van der Waals surface area contributed by atoms with E-state index < -0.39 is 23.5 Å². The van der Waals surface area contributed by atoms with Gasteiger partial charge in [0.15, 0.2) is 0 Å². The summed E-state index contributed by atoms with van der Waals surface area (Å²) in [6.07, 6.45) is 5.50. The van der Waals surface area contributed by atoms with E-state index in [-0.39, 0.29) is 11.1 Å². The third kappa shape index (κ3) is 3.82. The zero-order valence-electron chi connectivity index (χ0n) is 12.1. The molecule has 0 radical (unpaired) electrons. The highest BCUT2D eigenvalue weighted by Crippen LogP contribution is 2.10. The second-order valence-corrected chi connectivity index (χ2v) is 4.39. The third-order valence-electron chi connectivity index (χ3n) is 2.78. The molecule has 0 atom stereocenters. The lowest BCUT2D eigenvalue weighted by Crippen LogP contribution is -2.34. The van der Waals surface area contributed by atoms with E-state index in [0.29, 0.717) is 5.01 Å². The predicted octanol–water partition coefficient (Wildman–Crippen LogP) is 1.22. The molecule has 0 saturated carbocycles. The molecule has 23 heavy (non-hydrogen) atoms. The molecular formula is C15H12N4O4. The van der Waals surface area contributed by atoms with Gasteiger partial charge in [0.25, 0.3) is 11.8 Å². The topological polar surface area (TPSA) is 113 Å². The SMILES string of the molecule is CC(=NN(C(=O)c1ccncc1)C(=O)c1cccnc1)C(=O)O. The van der Waals surface area contributed by atoms with Crippen molar-refractivity contribution in [2.45, 2.75) is 6.92 Å². The van der Waals surface area contributed by atoms with E-state index in [1.807, 2.05) is 0 Å². The van der Waals surface area contributed by atoms with Crippen molar-refractivity contribution in [3.63, 3.8) is 0 Å². The van der Waals surface area contributed by atoms with Crippen LogP contribution in [0.3, 0.4) is 0 Å². The summed E-state index contributed by atoms with van der Waals surface area (Å²) in [6, 6.07) is 5.78. The number of nitrogens with zero attached hydrogens (tertiary/aromatic N) is 4. The minimum absolute atomic E-state index is 0.108. The highest BCUT2D eigenvalue weighted by atomic mass is 16.4. The average molecular weight is 312 g/mol. The van der Waals surface area contributed by atoms with Crippen LogP contribution < -0.4 is 0 Å². The summed E-state index contributed by atoms with van der Waals surface area (Å²) in [5, 5.41) is 13.1. The molecule has 2 amide bonds. The number of hydrazone groups is 1. The second-order valence-electron chi connectivity index (χ2n) is 4.39. The lowest BCUT2D eigenvalue weighted by atomic mass is 10.2. The van der Waals surface area contributed by atoms with Gasteiger partial charge in [-0.25, -0.2) is 4.79 Å². The molecule has 0 aromatic carbocycles. The van der Waals surface area contributed by atoms with Gasteiger partial charge >= 0.3 is 5.97 Å². The number of hydrogen-bond donors (Lipinski definition) is 1. The van der Waals surface area contributed by atoms with Gasteiger partial charge in [-0.2, -0.15) is 10.1 Å². The summed E-state index contributed by atoms with van der Waals surface area (Å²) in [6.45, 7) is 1.19. The molecule has 0 aliphatic carbocycles. The first-order valence-corrected chi connectivity index (χ1v) is 6.48. The summed E-state index contributed by atoms with van der Waals surface area (Å²) in [7, 11) is 0. The number of aliphatic carboxylic acids is 1. The molecule has 2 rings (SSSR count). The number of amides is 2. The Morgan fingerprint density at radius 2 is 1.65 bits per heavy atom. The smallest absolute Gasteiger partial charge is 0.351 e. The van der Waals surface area contributed by atoms with Crippen LogP contribution in [0.1, 0.15) is 27.6 Å². The van der Waals surface area contributed by atoms with Crippen LogP contribution in [0.5, 0.6) is 0 Å². The van der Waals surface area contributed by atoms with Gasteiger partial charge < -0.3 is 5.11 Å². The van der Waals surface area contributed by atoms with E-state index >= 15 is 0 Å². The third-order valence-corrected chi connectivity index (χ3v) is 2.78. The fraction of sp³-hybridized carbons (Fsp3) is 0.0667. The number of imide groups is 1. The summed E-state index contributed by atoms with van der Waals surface area (Å²) in [4.78, 5) is 43.5. The second kappa shape index (κ2) is 7.03. The highest BCUT2D eigenvalue weighted by molar-refractivity contribution is 6.35. The normalized spacial score (nSPS) is 10.9. The van der Waals surface area contributed by atoms with Crippen molar-refractivity contribution in [1.82, 2.24) is 15.0 Å². The molecule has 116 valence electrons. The van der Waals surface area contributed by atoms with E-state index in [0.717, 1.165) is 0 Å². The van der Waals surface area contributed by atoms with Gasteiger partial charge in [-0.15, -0.1) is 0 Å². The first-order chi connectivity index (χ1) is 11.0. The van der Waals surface area contributed by atoms with E-state index in [1.54, 1.807) is 0 Å². The van der Waals surface area contributed by atoms with E-state index in [1.165, 1.54) is 56.0 Å². The molecule has 0 fully saturated rings. The summed E-state index contributed by atoms with van der Waals surface area (Å²) < 4.78 is 0. The Morgan fingerprint density at radius 3 is 2.22 bits per heavy atom. The van der Waals surface area contributed by atoms with Gasteiger partial charge in [-0.3, -0.25) is 19.6 Å². The average Bonchev–Trinajstić information content (AvgIpc) is 2.59. The van der Waals surface area contributed by atoms with E-state index in [9.17, 15) is 14.4 Å². The first-order valence-electron chi connectivity index (χ1n) is 6.48. The van der Waals surface area contributed by atoms with Gasteiger partial charge in [0, 0.05) is 30.4 Å². The van der Waals surface area contributed by atoms with Crippen LogP contribution in [0, 0.1) is 0 Å². The van der Waals surface area contributed by atoms with Crippen LogP contribution in [0.15, 0.2) is 54.2 Å². The van der Waals surface area contributed by atoms with Crippen molar-refractivity contribution < 1.29 is 19.5 Å². The minimum Gasteiger partial charge on any atom is -0.477 e. The predicted molar refractivity (Wildman–Crippen MR) is 79.7 cm³/mol. The number of rotatable bonds is 4. The number of hydrogen-bond acceptors (Lipinski definition) is 6. The lowest BCUT2D eigenvalue weighted by Gasteiger charge is -2.15. The Hall–Kier alpha value is -3.42. The molecule has 2 aromatic heterocycles. The van der Waals surface area contributed by atoms with Crippen LogP contribution >= 0.6 is 0 Å². The van der Waals surface area contributed by atoms with Crippen molar-refractivity contribution in [3.05, 3.63) is 60.2 Å². The molecule has 0 spiro atoms. The number of carboxylic acids is 1. The van der Waals surface area contributed by atoms with Crippen LogP contribution in [-0.4, -0.2) is 43.6 Å². The van der Waals surface area contributed by atoms with Gasteiger partial charge in [-0.05, 0) is 31.2 Å². The Bertz CT molecular complexity index is 708. The summed E-state index contributed by atoms with van der Waals surface area (Å²) in [5.41, 5.74) is -0.138. The molecule has 1 N–H and O–H groups in total. The molecule has 0 bridgehead atoms. The molecule has 0 aliphatic rings. The molecule has 0 unspecified atom stereocenters. The monoisotopic (exact) mass is 312 g/mol. The Balaban J connectivity index is 2.44. The van der Waals surface area contributed by atoms with Crippen molar-refractivity contribution in [2.75, 3.05) is 0 Å². The number of carbonyl (C=O) groups is 3. The fourth-order valence-electron chi connectivity index (χ4n) is 1.60.